The molecule has 3 rings (SSSR count). The molecular weight excluding hydrogens is 264 g/mol. The summed E-state index contributed by atoms with van der Waals surface area (Å²) >= 11 is 0. The summed E-state index contributed by atoms with van der Waals surface area (Å²) in [7, 11) is -3.45. The Kier molecular flexibility index (Phi) is 3.06. The van der Waals surface area contributed by atoms with Crippen LogP contribution in [-0.2, 0) is 27.8 Å². The summed E-state index contributed by atoms with van der Waals surface area (Å²) in [5.41, 5.74) is 2.27. The lowest BCUT2D eigenvalue weighted by Crippen LogP contribution is -2.49. The van der Waals surface area contributed by atoms with Crippen molar-refractivity contribution in [3.63, 3.8) is 0 Å². The quantitative estimate of drug-likeness (QED) is 0.835. The molecule has 1 amide bonds. The van der Waals surface area contributed by atoms with E-state index in [1.54, 1.807) is 0 Å². The fourth-order valence-electron chi connectivity index (χ4n) is 2.31. The molecule has 1 aliphatic carbocycles. The average Bonchev–Trinajstić information content (AvgIpc) is 3.22. The minimum Gasteiger partial charge on any atom is -0.301 e. The van der Waals surface area contributed by atoms with Crippen LogP contribution in [0.1, 0.15) is 24.0 Å². The molecule has 0 bridgehead atoms. The van der Waals surface area contributed by atoms with E-state index < -0.39 is 22.0 Å². The highest BCUT2D eigenvalue weighted by atomic mass is 32.2. The van der Waals surface area contributed by atoms with Crippen molar-refractivity contribution in [1.29, 1.82) is 0 Å². The Morgan fingerprint density at radius 3 is 2.58 bits per heavy atom. The van der Waals surface area contributed by atoms with Crippen molar-refractivity contribution < 1.29 is 13.2 Å². The molecule has 1 heterocycles. The maximum absolute atomic E-state index is 12.0. The minimum atomic E-state index is -3.45. The third-order valence-corrected chi connectivity index (χ3v) is 5.44. The van der Waals surface area contributed by atoms with Crippen LogP contribution in [0.4, 0.5) is 0 Å². The SMILES string of the molecule is O=C(NS(=O)(=O)C1CC1)[C@H]1Cc2ccccc2CN1. The lowest BCUT2D eigenvalue weighted by atomic mass is 9.96. The summed E-state index contributed by atoms with van der Waals surface area (Å²) in [5, 5.41) is 2.71. The second-order valence-electron chi connectivity index (χ2n) is 5.12. The normalized spacial score (nSPS) is 22.6. The van der Waals surface area contributed by atoms with Crippen LogP contribution in [0.2, 0.25) is 0 Å². The summed E-state index contributed by atoms with van der Waals surface area (Å²) in [4.78, 5) is 12.0. The highest BCUT2D eigenvalue weighted by molar-refractivity contribution is 7.90. The predicted octanol–water partition coefficient (Wildman–Crippen LogP) is 0.309. The first-order valence-corrected chi connectivity index (χ1v) is 7.96. The Balaban J connectivity index is 1.69. The third kappa shape index (κ3) is 2.64. The standard InChI is InChI=1S/C13H16N2O3S/c16-13(15-19(17,18)11-5-6-11)12-7-9-3-1-2-4-10(9)8-14-12/h1-4,11-12,14H,5-8H2,(H,15,16)/t12-/m1/s1. The smallest absolute Gasteiger partial charge is 0.250 e. The molecule has 5 nitrogen and oxygen atoms in total. The number of carbonyl (C=O) groups excluding carboxylic acids is 1. The van der Waals surface area contributed by atoms with Gasteiger partial charge < -0.3 is 5.32 Å². The summed E-state index contributed by atoms with van der Waals surface area (Å²) in [5.74, 6) is -0.443. The number of sulfonamides is 1. The van der Waals surface area contributed by atoms with Crippen LogP contribution in [0.15, 0.2) is 24.3 Å². The van der Waals surface area contributed by atoms with Crippen LogP contribution in [-0.4, -0.2) is 25.6 Å². The van der Waals surface area contributed by atoms with Gasteiger partial charge in [-0.05, 0) is 30.4 Å². The van der Waals surface area contributed by atoms with Crippen molar-refractivity contribution in [2.24, 2.45) is 0 Å². The number of hydrogen-bond acceptors (Lipinski definition) is 4. The minimum absolute atomic E-state index is 0.368. The van der Waals surface area contributed by atoms with Gasteiger partial charge in [0, 0.05) is 6.54 Å². The Hall–Kier alpha value is -1.40. The van der Waals surface area contributed by atoms with E-state index in [9.17, 15) is 13.2 Å². The zero-order chi connectivity index (χ0) is 13.5. The van der Waals surface area contributed by atoms with Crippen molar-refractivity contribution >= 4 is 15.9 Å². The van der Waals surface area contributed by atoms with E-state index in [1.165, 1.54) is 0 Å². The van der Waals surface area contributed by atoms with E-state index >= 15 is 0 Å². The van der Waals surface area contributed by atoms with Gasteiger partial charge in [-0.2, -0.15) is 0 Å². The van der Waals surface area contributed by atoms with E-state index in [0.717, 1.165) is 11.1 Å². The number of benzene rings is 1. The van der Waals surface area contributed by atoms with Crippen LogP contribution < -0.4 is 10.0 Å². The van der Waals surface area contributed by atoms with Gasteiger partial charge in [0.15, 0.2) is 0 Å². The fraction of sp³-hybridized carbons (Fsp3) is 0.462. The maximum Gasteiger partial charge on any atom is 0.250 e. The predicted molar refractivity (Wildman–Crippen MR) is 70.9 cm³/mol. The van der Waals surface area contributed by atoms with Gasteiger partial charge in [-0.15, -0.1) is 0 Å². The molecule has 2 N–H and O–H groups in total. The molecule has 0 spiro atoms. The third-order valence-electron chi connectivity index (χ3n) is 3.60. The Morgan fingerprint density at radius 1 is 1.21 bits per heavy atom. The van der Waals surface area contributed by atoms with Gasteiger partial charge in [0.1, 0.15) is 0 Å². The number of rotatable bonds is 3. The highest BCUT2D eigenvalue weighted by Crippen LogP contribution is 2.27. The molecular formula is C13H16N2O3S. The Labute approximate surface area is 112 Å². The van der Waals surface area contributed by atoms with Crippen LogP contribution in [0.5, 0.6) is 0 Å². The molecule has 1 aliphatic heterocycles. The van der Waals surface area contributed by atoms with Crippen LogP contribution in [0.3, 0.4) is 0 Å². The number of hydrogen-bond donors (Lipinski definition) is 2. The molecule has 0 saturated heterocycles. The number of carbonyl (C=O) groups is 1. The van der Waals surface area contributed by atoms with Gasteiger partial charge in [0.2, 0.25) is 10.0 Å². The lowest BCUT2D eigenvalue weighted by Gasteiger charge is -2.25. The second-order valence-corrected chi connectivity index (χ2v) is 7.08. The molecule has 19 heavy (non-hydrogen) atoms. The first kappa shape index (κ1) is 12.6. The summed E-state index contributed by atoms with van der Waals surface area (Å²) < 4.78 is 25.7. The van der Waals surface area contributed by atoms with Gasteiger partial charge in [0.05, 0.1) is 11.3 Å². The fourth-order valence-corrected chi connectivity index (χ4v) is 3.66. The highest BCUT2D eigenvalue weighted by Gasteiger charge is 2.38. The molecule has 102 valence electrons. The van der Waals surface area contributed by atoms with E-state index in [2.05, 4.69) is 10.0 Å². The van der Waals surface area contributed by atoms with E-state index in [1.807, 2.05) is 24.3 Å². The van der Waals surface area contributed by atoms with Crippen LogP contribution in [0.25, 0.3) is 0 Å². The van der Waals surface area contributed by atoms with Crippen LogP contribution in [0, 0.1) is 0 Å². The number of fused-ring (bicyclic) bond motifs is 1. The monoisotopic (exact) mass is 280 g/mol. The summed E-state index contributed by atoms with van der Waals surface area (Å²) in [6.07, 6.45) is 1.84. The van der Waals surface area contributed by atoms with Crippen molar-refractivity contribution in [2.45, 2.75) is 37.1 Å². The molecule has 1 saturated carbocycles. The van der Waals surface area contributed by atoms with Crippen molar-refractivity contribution in [3.8, 4) is 0 Å². The molecule has 6 heteroatoms. The van der Waals surface area contributed by atoms with Gasteiger partial charge in [0.25, 0.3) is 5.91 Å². The molecule has 2 aliphatic rings. The molecule has 1 aromatic rings. The van der Waals surface area contributed by atoms with E-state index in [4.69, 9.17) is 0 Å². The Morgan fingerprint density at radius 2 is 1.89 bits per heavy atom. The van der Waals surface area contributed by atoms with Crippen molar-refractivity contribution in [3.05, 3.63) is 35.4 Å². The first-order chi connectivity index (χ1) is 9.06. The van der Waals surface area contributed by atoms with Gasteiger partial charge >= 0.3 is 0 Å². The van der Waals surface area contributed by atoms with Crippen molar-refractivity contribution in [1.82, 2.24) is 10.0 Å². The van der Waals surface area contributed by atoms with E-state index in [-0.39, 0.29) is 5.25 Å². The lowest BCUT2D eigenvalue weighted by molar-refractivity contribution is -0.121. The Bertz CT molecular complexity index is 608. The summed E-state index contributed by atoms with van der Waals surface area (Å²) in [6.45, 7) is 0.595. The van der Waals surface area contributed by atoms with E-state index in [0.29, 0.717) is 25.8 Å². The topological polar surface area (TPSA) is 75.3 Å². The molecule has 0 aromatic heterocycles. The molecule has 0 unspecified atom stereocenters. The average molecular weight is 280 g/mol. The largest absolute Gasteiger partial charge is 0.301 e. The molecule has 0 radical (unpaired) electrons. The molecule has 1 aromatic carbocycles. The second kappa shape index (κ2) is 4.61. The first-order valence-electron chi connectivity index (χ1n) is 6.42. The zero-order valence-corrected chi connectivity index (χ0v) is 11.2. The number of nitrogens with one attached hydrogen (secondary N) is 2. The maximum atomic E-state index is 12.0. The zero-order valence-electron chi connectivity index (χ0n) is 10.4. The number of amides is 1. The molecule has 1 atom stereocenters. The van der Waals surface area contributed by atoms with Gasteiger partial charge in [-0.3, -0.25) is 9.52 Å². The summed E-state index contributed by atoms with van der Waals surface area (Å²) in [6, 6.07) is 7.41. The van der Waals surface area contributed by atoms with Gasteiger partial charge in [-0.1, -0.05) is 24.3 Å². The van der Waals surface area contributed by atoms with Gasteiger partial charge in [-0.25, -0.2) is 8.42 Å². The van der Waals surface area contributed by atoms with Crippen LogP contribution >= 0.6 is 0 Å². The van der Waals surface area contributed by atoms with Crippen molar-refractivity contribution in [2.75, 3.05) is 0 Å². The molecule has 1 fully saturated rings.